The lowest BCUT2D eigenvalue weighted by Crippen LogP contribution is -2.44. The van der Waals surface area contributed by atoms with E-state index in [-0.39, 0.29) is 0 Å². The van der Waals surface area contributed by atoms with E-state index in [1.165, 1.54) is 0 Å². The minimum atomic E-state index is -0.848. The summed E-state index contributed by atoms with van der Waals surface area (Å²) in [6.45, 7) is 3.43. The van der Waals surface area contributed by atoms with Crippen molar-refractivity contribution in [1.29, 1.82) is 0 Å². The lowest BCUT2D eigenvalue weighted by atomic mass is 9.90. The van der Waals surface area contributed by atoms with Crippen LogP contribution in [0, 0.1) is 6.92 Å². The minimum absolute atomic E-state index is 0.634. The molecule has 1 fully saturated rings. The first-order valence-corrected chi connectivity index (χ1v) is 6.82. The van der Waals surface area contributed by atoms with Gasteiger partial charge in [0.1, 0.15) is 11.4 Å². The summed E-state index contributed by atoms with van der Waals surface area (Å²) in [7, 11) is 1.91. The molecule has 0 unspecified atom stereocenters. The zero-order valence-electron chi connectivity index (χ0n) is 11.8. The number of imidazole rings is 1. The molecule has 0 amide bonds. The highest BCUT2D eigenvalue weighted by Gasteiger charge is 2.37. The third-order valence-corrected chi connectivity index (χ3v) is 3.88. The topological polar surface area (TPSA) is 67.1 Å². The molecular formula is C14H19N5O. The molecule has 2 aromatic rings. The number of piperidine rings is 1. The van der Waals surface area contributed by atoms with Crippen molar-refractivity contribution < 1.29 is 5.11 Å². The van der Waals surface area contributed by atoms with E-state index < -0.39 is 5.60 Å². The molecule has 106 valence electrons. The van der Waals surface area contributed by atoms with Crippen LogP contribution in [0.4, 0.5) is 5.95 Å². The Morgan fingerprint density at radius 1 is 1.15 bits per heavy atom. The van der Waals surface area contributed by atoms with Crippen molar-refractivity contribution in [2.75, 3.05) is 18.0 Å². The molecule has 0 aromatic carbocycles. The summed E-state index contributed by atoms with van der Waals surface area (Å²) in [6, 6.07) is 0. The Bertz CT molecular complexity index is 584. The molecule has 1 N–H and O–H groups in total. The maximum Gasteiger partial charge on any atom is 0.225 e. The van der Waals surface area contributed by atoms with E-state index in [0.29, 0.717) is 12.8 Å². The Balaban J connectivity index is 1.73. The van der Waals surface area contributed by atoms with Crippen LogP contribution in [0.5, 0.6) is 0 Å². The second-order valence-electron chi connectivity index (χ2n) is 5.44. The number of hydrogen-bond acceptors (Lipinski definition) is 5. The van der Waals surface area contributed by atoms with Crippen LogP contribution in [-0.4, -0.2) is 37.7 Å². The number of anilines is 1. The fourth-order valence-corrected chi connectivity index (χ4v) is 2.66. The third kappa shape index (κ3) is 2.27. The number of aromatic nitrogens is 4. The zero-order chi connectivity index (χ0) is 14.2. The van der Waals surface area contributed by atoms with Gasteiger partial charge in [-0.05, 0) is 12.5 Å². The second-order valence-corrected chi connectivity index (χ2v) is 5.44. The average molecular weight is 273 g/mol. The predicted octanol–water partition coefficient (Wildman–Crippen LogP) is 1.01. The Morgan fingerprint density at radius 3 is 2.35 bits per heavy atom. The number of aliphatic hydroxyl groups is 1. The van der Waals surface area contributed by atoms with E-state index in [2.05, 4.69) is 19.9 Å². The van der Waals surface area contributed by atoms with E-state index in [9.17, 15) is 5.11 Å². The molecule has 20 heavy (non-hydrogen) atoms. The first-order valence-electron chi connectivity index (χ1n) is 6.82. The van der Waals surface area contributed by atoms with Gasteiger partial charge >= 0.3 is 0 Å². The molecule has 6 heteroatoms. The molecule has 1 saturated heterocycles. The first-order chi connectivity index (χ1) is 9.58. The normalized spacial score (nSPS) is 18.2. The van der Waals surface area contributed by atoms with Crippen LogP contribution >= 0.6 is 0 Å². The van der Waals surface area contributed by atoms with Crippen LogP contribution < -0.4 is 4.90 Å². The van der Waals surface area contributed by atoms with Gasteiger partial charge in [0.25, 0.3) is 0 Å². The smallest absolute Gasteiger partial charge is 0.225 e. The maximum atomic E-state index is 10.8. The van der Waals surface area contributed by atoms with Crippen molar-refractivity contribution in [2.24, 2.45) is 7.05 Å². The van der Waals surface area contributed by atoms with Crippen molar-refractivity contribution in [3.05, 3.63) is 36.2 Å². The summed E-state index contributed by atoms with van der Waals surface area (Å²) >= 11 is 0. The highest BCUT2D eigenvalue weighted by molar-refractivity contribution is 5.31. The second kappa shape index (κ2) is 4.86. The van der Waals surface area contributed by atoms with Gasteiger partial charge in [-0.25, -0.2) is 15.0 Å². The Hall–Kier alpha value is -1.95. The van der Waals surface area contributed by atoms with Gasteiger partial charge in [0, 0.05) is 57.8 Å². The van der Waals surface area contributed by atoms with Crippen LogP contribution in [0.25, 0.3) is 0 Å². The highest BCUT2D eigenvalue weighted by atomic mass is 16.3. The van der Waals surface area contributed by atoms with Crippen molar-refractivity contribution in [2.45, 2.75) is 25.4 Å². The van der Waals surface area contributed by atoms with Crippen LogP contribution in [0.3, 0.4) is 0 Å². The van der Waals surface area contributed by atoms with Crippen molar-refractivity contribution >= 4 is 5.95 Å². The third-order valence-electron chi connectivity index (χ3n) is 3.88. The highest BCUT2D eigenvalue weighted by Crippen LogP contribution is 2.32. The first kappa shape index (κ1) is 13.1. The number of aryl methyl sites for hydroxylation is 2. The quantitative estimate of drug-likeness (QED) is 0.884. The number of rotatable bonds is 2. The summed E-state index contributed by atoms with van der Waals surface area (Å²) in [6.07, 6.45) is 8.50. The molecular weight excluding hydrogens is 254 g/mol. The standard InChI is InChI=1S/C14H19N5O/c1-11-9-16-13(17-10-11)19-6-3-14(20,4-7-19)12-15-5-8-18(12)2/h5,8-10,20H,3-4,6-7H2,1-2H3. The van der Waals surface area contributed by atoms with Gasteiger partial charge < -0.3 is 14.6 Å². The van der Waals surface area contributed by atoms with Gasteiger partial charge in [-0.1, -0.05) is 0 Å². The summed E-state index contributed by atoms with van der Waals surface area (Å²) in [4.78, 5) is 15.1. The summed E-state index contributed by atoms with van der Waals surface area (Å²) in [5.74, 6) is 1.47. The molecule has 0 bridgehead atoms. The molecule has 2 aromatic heterocycles. The molecule has 0 radical (unpaired) electrons. The number of hydrogen-bond donors (Lipinski definition) is 1. The molecule has 1 aliphatic rings. The molecule has 1 aliphatic heterocycles. The van der Waals surface area contributed by atoms with Gasteiger partial charge in [-0.15, -0.1) is 0 Å². The van der Waals surface area contributed by atoms with Crippen molar-refractivity contribution in [3.63, 3.8) is 0 Å². The lowest BCUT2D eigenvalue weighted by Gasteiger charge is -2.37. The fraction of sp³-hybridized carbons (Fsp3) is 0.500. The van der Waals surface area contributed by atoms with Gasteiger partial charge in [0.05, 0.1) is 0 Å². The molecule has 0 atom stereocenters. The summed E-state index contributed by atoms with van der Waals surface area (Å²) in [5, 5.41) is 10.8. The van der Waals surface area contributed by atoms with E-state index in [4.69, 9.17) is 0 Å². The van der Waals surface area contributed by atoms with Gasteiger partial charge in [0.15, 0.2) is 0 Å². The molecule has 0 saturated carbocycles. The predicted molar refractivity (Wildman–Crippen MR) is 75.3 cm³/mol. The lowest BCUT2D eigenvalue weighted by molar-refractivity contribution is 0.000549. The maximum absolute atomic E-state index is 10.8. The van der Waals surface area contributed by atoms with Crippen molar-refractivity contribution in [1.82, 2.24) is 19.5 Å². The van der Waals surface area contributed by atoms with Crippen LogP contribution in [0.15, 0.2) is 24.8 Å². The average Bonchev–Trinajstić information content (AvgIpc) is 2.88. The van der Waals surface area contributed by atoms with Crippen LogP contribution in [-0.2, 0) is 12.6 Å². The van der Waals surface area contributed by atoms with E-state index in [1.807, 2.05) is 37.1 Å². The van der Waals surface area contributed by atoms with Crippen LogP contribution in [0.1, 0.15) is 24.2 Å². The summed E-state index contributed by atoms with van der Waals surface area (Å²) in [5.41, 5.74) is 0.203. The zero-order valence-corrected chi connectivity index (χ0v) is 11.8. The molecule has 6 nitrogen and oxygen atoms in total. The van der Waals surface area contributed by atoms with Crippen LogP contribution in [0.2, 0.25) is 0 Å². The van der Waals surface area contributed by atoms with Gasteiger partial charge in [-0.3, -0.25) is 0 Å². The van der Waals surface area contributed by atoms with Crippen molar-refractivity contribution in [3.8, 4) is 0 Å². The van der Waals surface area contributed by atoms with Gasteiger partial charge in [0.2, 0.25) is 5.95 Å². The molecule has 0 spiro atoms. The Kier molecular flexibility index (Phi) is 3.17. The minimum Gasteiger partial charge on any atom is -0.382 e. The largest absolute Gasteiger partial charge is 0.382 e. The molecule has 0 aliphatic carbocycles. The van der Waals surface area contributed by atoms with E-state index in [1.54, 1.807) is 6.20 Å². The molecule has 3 rings (SSSR count). The monoisotopic (exact) mass is 273 g/mol. The fourth-order valence-electron chi connectivity index (χ4n) is 2.66. The molecule has 3 heterocycles. The van der Waals surface area contributed by atoms with E-state index in [0.717, 1.165) is 30.4 Å². The van der Waals surface area contributed by atoms with E-state index >= 15 is 0 Å². The Morgan fingerprint density at radius 2 is 1.80 bits per heavy atom. The van der Waals surface area contributed by atoms with Gasteiger partial charge in [-0.2, -0.15) is 0 Å². The Labute approximate surface area is 118 Å². The summed E-state index contributed by atoms with van der Waals surface area (Å²) < 4.78 is 1.89. The SMILES string of the molecule is Cc1cnc(N2CCC(O)(c3nccn3C)CC2)nc1. The number of nitrogens with zero attached hydrogens (tertiary/aromatic N) is 5.